The molecule has 1 fully saturated rings. The Kier molecular flexibility index (Phi) is 3.06. The van der Waals surface area contributed by atoms with Crippen LogP contribution < -0.4 is 11.1 Å². The minimum atomic E-state index is 0.690. The van der Waals surface area contributed by atoms with E-state index >= 15 is 0 Å². The van der Waals surface area contributed by atoms with E-state index in [0.717, 1.165) is 18.4 Å². The second kappa shape index (κ2) is 4.69. The van der Waals surface area contributed by atoms with Crippen LogP contribution in [-0.2, 0) is 6.42 Å². The molecule has 2 heteroatoms. The maximum Gasteiger partial charge on any atom is 0.0375 e. The lowest BCUT2D eigenvalue weighted by Gasteiger charge is -2.43. The van der Waals surface area contributed by atoms with Crippen molar-refractivity contribution in [1.29, 1.82) is 0 Å². The average molecular weight is 230 g/mol. The number of para-hydroxylation sites is 1. The first kappa shape index (κ1) is 11.1. The first-order chi connectivity index (χ1) is 8.38. The van der Waals surface area contributed by atoms with E-state index in [1.165, 1.54) is 43.4 Å². The van der Waals surface area contributed by atoms with Crippen molar-refractivity contribution in [3.63, 3.8) is 0 Å². The van der Waals surface area contributed by atoms with Crippen LogP contribution in [0.15, 0.2) is 24.3 Å². The average Bonchev–Trinajstić information content (AvgIpc) is 2.37. The van der Waals surface area contributed by atoms with Gasteiger partial charge >= 0.3 is 0 Å². The molecule has 1 aliphatic carbocycles. The molecule has 3 N–H and O–H groups in total. The molecule has 92 valence electrons. The summed E-state index contributed by atoms with van der Waals surface area (Å²) in [6, 6.07) is 9.47. The predicted molar refractivity (Wildman–Crippen MR) is 72.1 cm³/mol. The Labute approximate surface area is 104 Å². The van der Waals surface area contributed by atoms with Crippen molar-refractivity contribution in [2.24, 2.45) is 17.6 Å². The number of fused-ring (bicyclic) bond motifs is 2. The van der Waals surface area contributed by atoms with Crippen LogP contribution in [0.5, 0.6) is 0 Å². The van der Waals surface area contributed by atoms with Gasteiger partial charge in [-0.05, 0) is 55.7 Å². The van der Waals surface area contributed by atoms with Crippen molar-refractivity contribution in [2.45, 2.75) is 38.1 Å². The van der Waals surface area contributed by atoms with Crippen LogP contribution in [0.4, 0.5) is 5.69 Å². The monoisotopic (exact) mass is 230 g/mol. The van der Waals surface area contributed by atoms with E-state index in [9.17, 15) is 0 Å². The van der Waals surface area contributed by atoms with E-state index in [2.05, 4.69) is 29.6 Å². The summed E-state index contributed by atoms with van der Waals surface area (Å²) in [4.78, 5) is 0. The molecule has 0 amide bonds. The third-order valence-corrected chi connectivity index (χ3v) is 4.56. The van der Waals surface area contributed by atoms with Crippen molar-refractivity contribution in [3.8, 4) is 0 Å². The third-order valence-electron chi connectivity index (χ3n) is 4.56. The van der Waals surface area contributed by atoms with Crippen LogP contribution in [-0.4, -0.2) is 12.6 Å². The van der Waals surface area contributed by atoms with Gasteiger partial charge in [-0.2, -0.15) is 0 Å². The Morgan fingerprint density at radius 2 is 2.12 bits per heavy atom. The highest BCUT2D eigenvalue weighted by atomic mass is 14.9. The number of hydrogen-bond donors (Lipinski definition) is 2. The molecule has 2 aliphatic rings. The van der Waals surface area contributed by atoms with Gasteiger partial charge in [0.25, 0.3) is 0 Å². The van der Waals surface area contributed by atoms with Gasteiger partial charge in [-0.1, -0.05) is 24.6 Å². The molecule has 0 bridgehead atoms. The van der Waals surface area contributed by atoms with Crippen molar-refractivity contribution < 1.29 is 0 Å². The van der Waals surface area contributed by atoms with Gasteiger partial charge in [0.15, 0.2) is 0 Å². The van der Waals surface area contributed by atoms with Gasteiger partial charge in [-0.25, -0.2) is 0 Å². The van der Waals surface area contributed by atoms with Gasteiger partial charge < -0.3 is 11.1 Å². The number of nitrogens with one attached hydrogen (secondary N) is 1. The summed E-state index contributed by atoms with van der Waals surface area (Å²) in [5.41, 5.74) is 8.62. The Hall–Kier alpha value is -1.02. The molecule has 0 aromatic heterocycles. The van der Waals surface area contributed by atoms with Crippen LogP contribution in [0.2, 0.25) is 0 Å². The minimum absolute atomic E-state index is 0.690. The highest BCUT2D eigenvalue weighted by Gasteiger charge is 2.35. The molecule has 17 heavy (non-hydrogen) atoms. The Balaban J connectivity index is 1.84. The zero-order chi connectivity index (χ0) is 11.7. The van der Waals surface area contributed by atoms with Crippen molar-refractivity contribution in [1.82, 2.24) is 0 Å². The molecule has 0 saturated heterocycles. The van der Waals surface area contributed by atoms with E-state index in [1.807, 2.05) is 0 Å². The van der Waals surface area contributed by atoms with Crippen LogP contribution in [0, 0.1) is 11.8 Å². The van der Waals surface area contributed by atoms with E-state index in [1.54, 1.807) is 0 Å². The molecule has 3 rings (SSSR count). The molecule has 1 unspecified atom stereocenters. The summed E-state index contributed by atoms with van der Waals surface area (Å²) in [5.74, 6) is 1.64. The summed E-state index contributed by atoms with van der Waals surface area (Å²) in [6.45, 7) is 0.843. The van der Waals surface area contributed by atoms with Gasteiger partial charge in [0.05, 0.1) is 0 Å². The highest BCUT2D eigenvalue weighted by Crippen LogP contribution is 2.40. The minimum Gasteiger partial charge on any atom is -0.382 e. The standard InChI is InChI=1S/C15H22N2/c16-9-8-11-5-3-7-15-13(11)10-12-4-1-2-6-14(12)17-15/h1-2,4,6,11,13,15,17H,3,5,7-10,16H2/t11?,13-,15-/m1/s1. The lowest BCUT2D eigenvalue weighted by Crippen LogP contribution is -2.42. The van der Waals surface area contributed by atoms with Crippen molar-refractivity contribution in [3.05, 3.63) is 29.8 Å². The molecular weight excluding hydrogens is 208 g/mol. The fourth-order valence-electron chi connectivity index (χ4n) is 3.71. The Morgan fingerprint density at radius 3 is 3.00 bits per heavy atom. The smallest absolute Gasteiger partial charge is 0.0375 e. The third kappa shape index (κ3) is 2.06. The maximum atomic E-state index is 5.76. The van der Waals surface area contributed by atoms with Crippen molar-refractivity contribution in [2.75, 3.05) is 11.9 Å². The van der Waals surface area contributed by atoms with Crippen LogP contribution >= 0.6 is 0 Å². The SMILES string of the molecule is NCCC1CCC[C@H]2Nc3ccccc3C[C@H]12. The molecule has 1 saturated carbocycles. The fourth-order valence-corrected chi connectivity index (χ4v) is 3.71. The van der Waals surface area contributed by atoms with E-state index < -0.39 is 0 Å². The zero-order valence-electron chi connectivity index (χ0n) is 10.4. The van der Waals surface area contributed by atoms with Crippen LogP contribution in [0.1, 0.15) is 31.2 Å². The summed E-state index contributed by atoms with van der Waals surface area (Å²) in [5, 5.41) is 3.75. The lowest BCUT2D eigenvalue weighted by atomic mass is 9.70. The summed E-state index contributed by atoms with van der Waals surface area (Å²) >= 11 is 0. The van der Waals surface area contributed by atoms with Gasteiger partial charge in [0, 0.05) is 11.7 Å². The second-order valence-electron chi connectivity index (χ2n) is 5.54. The first-order valence-electron chi connectivity index (χ1n) is 6.93. The second-order valence-corrected chi connectivity index (χ2v) is 5.54. The molecule has 0 spiro atoms. The summed E-state index contributed by atoms with van der Waals surface area (Å²) in [6.07, 6.45) is 6.52. The first-order valence-corrected chi connectivity index (χ1v) is 6.93. The topological polar surface area (TPSA) is 38.0 Å². The summed E-state index contributed by atoms with van der Waals surface area (Å²) < 4.78 is 0. The number of benzene rings is 1. The summed E-state index contributed by atoms with van der Waals surface area (Å²) in [7, 11) is 0. The predicted octanol–water partition coefficient (Wildman–Crippen LogP) is 2.79. The van der Waals surface area contributed by atoms with Gasteiger partial charge in [0.2, 0.25) is 0 Å². The molecule has 0 radical (unpaired) electrons. The number of rotatable bonds is 2. The van der Waals surface area contributed by atoms with Gasteiger partial charge in [0.1, 0.15) is 0 Å². The Bertz CT molecular complexity index is 386. The number of nitrogens with two attached hydrogens (primary N) is 1. The molecular formula is C15H22N2. The van der Waals surface area contributed by atoms with Crippen LogP contribution in [0.3, 0.4) is 0 Å². The number of hydrogen-bond acceptors (Lipinski definition) is 2. The van der Waals surface area contributed by atoms with E-state index in [0.29, 0.717) is 6.04 Å². The number of anilines is 1. The van der Waals surface area contributed by atoms with E-state index in [4.69, 9.17) is 5.73 Å². The molecule has 3 atom stereocenters. The maximum absolute atomic E-state index is 5.76. The van der Waals surface area contributed by atoms with Gasteiger partial charge in [-0.3, -0.25) is 0 Å². The molecule has 1 aliphatic heterocycles. The lowest BCUT2D eigenvalue weighted by molar-refractivity contribution is 0.200. The molecule has 2 nitrogen and oxygen atoms in total. The van der Waals surface area contributed by atoms with Gasteiger partial charge in [-0.15, -0.1) is 0 Å². The largest absolute Gasteiger partial charge is 0.382 e. The molecule has 1 aromatic rings. The zero-order valence-corrected chi connectivity index (χ0v) is 10.4. The normalized spacial score (nSPS) is 31.2. The fraction of sp³-hybridized carbons (Fsp3) is 0.600. The molecule has 1 aromatic carbocycles. The molecule has 1 heterocycles. The van der Waals surface area contributed by atoms with Crippen molar-refractivity contribution >= 4 is 5.69 Å². The quantitative estimate of drug-likeness (QED) is 0.820. The van der Waals surface area contributed by atoms with E-state index in [-0.39, 0.29) is 0 Å². The Morgan fingerprint density at radius 1 is 1.24 bits per heavy atom. The highest BCUT2D eigenvalue weighted by molar-refractivity contribution is 5.54. The van der Waals surface area contributed by atoms with Crippen LogP contribution in [0.25, 0.3) is 0 Å².